The minimum atomic E-state index is 0.830. The van der Waals surface area contributed by atoms with Crippen LogP contribution in [0.5, 0.6) is 0 Å². The lowest BCUT2D eigenvalue weighted by atomic mass is 9.96. The number of hydrogen-bond acceptors (Lipinski definition) is 2. The van der Waals surface area contributed by atoms with Crippen LogP contribution >= 0.6 is 0 Å². The molecule has 3 heteroatoms. The monoisotopic (exact) mass is 164 g/mol. The number of fused-ring (bicyclic) bond motifs is 1. The Balaban J connectivity index is 2.53. The largest absolute Gasteiger partial charge is 0.411 e. The Hall–Kier alpha value is -1.25. The van der Waals surface area contributed by atoms with E-state index in [1.807, 2.05) is 19.3 Å². The molecule has 0 saturated heterocycles. The summed E-state index contributed by atoms with van der Waals surface area (Å²) >= 11 is 0. The SMILES string of the molecule is Cn1ccc2c1CCC/C2=N\O. The molecule has 0 aliphatic heterocycles. The second kappa shape index (κ2) is 2.66. The van der Waals surface area contributed by atoms with Gasteiger partial charge in [-0.1, -0.05) is 5.16 Å². The molecular weight excluding hydrogens is 152 g/mol. The lowest BCUT2D eigenvalue weighted by molar-refractivity contribution is 0.317. The molecule has 2 rings (SSSR count). The van der Waals surface area contributed by atoms with Gasteiger partial charge in [0.15, 0.2) is 0 Å². The van der Waals surface area contributed by atoms with Crippen molar-refractivity contribution in [2.45, 2.75) is 19.3 Å². The number of rotatable bonds is 0. The molecule has 1 aromatic heterocycles. The Morgan fingerprint density at radius 2 is 2.33 bits per heavy atom. The summed E-state index contributed by atoms with van der Waals surface area (Å²) in [5.41, 5.74) is 3.23. The Morgan fingerprint density at radius 3 is 3.08 bits per heavy atom. The molecule has 1 aliphatic rings. The zero-order valence-corrected chi connectivity index (χ0v) is 7.12. The van der Waals surface area contributed by atoms with Crippen LogP contribution in [0.2, 0.25) is 0 Å². The van der Waals surface area contributed by atoms with E-state index in [0.29, 0.717) is 0 Å². The third kappa shape index (κ3) is 0.932. The molecule has 0 bridgehead atoms. The van der Waals surface area contributed by atoms with Crippen LogP contribution in [0, 0.1) is 0 Å². The van der Waals surface area contributed by atoms with Crippen LogP contribution in [0.25, 0.3) is 0 Å². The maximum Gasteiger partial charge on any atom is 0.0885 e. The van der Waals surface area contributed by atoms with Gasteiger partial charge in [-0.05, 0) is 25.3 Å². The predicted molar refractivity (Wildman–Crippen MR) is 46.7 cm³/mol. The van der Waals surface area contributed by atoms with Crippen LogP contribution in [0.15, 0.2) is 17.4 Å². The van der Waals surface area contributed by atoms with E-state index < -0.39 is 0 Å². The van der Waals surface area contributed by atoms with Crippen molar-refractivity contribution in [2.24, 2.45) is 12.2 Å². The molecule has 0 saturated carbocycles. The summed E-state index contributed by atoms with van der Waals surface area (Å²) in [7, 11) is 2.03. The molecule has 0 aromatic carbocycles. The van der Waals surface area contributed by atoms with E-state index in [1.54, 1.807) is 0 Å². The highest BCUT2D eigenvalue weighted by Crippen LogP contribution is 2.21. The summed E-state index contributed by atoms with van der Waals surface area (Å²) in [6, 6.07) is 2.02. The first-order chi connectivity index (χ1) is 5.83. The standard InChI is InChI=1S/C9H12N2O/c1-11-6-5-7-8(10-12)3-2-4-9(7)11/h5-6,12H,2-4H2,1H3/b10-8+. The normalized spacial score (nSPS) is 19.6. The average Bonchev–Trinajstić information content (AvgIpc) is 2.48. The van der Waals surface area contributed by atoms with Crippen molar-refractivity contribution in [1.82, 2.24) is 4.57 Å². The van der Waals surface area contributed by atoms with E-state index >= 15 is 0 Å². The highest BCUT2D eigenvalue weighted by Gasteiger charge is 2.17. The molecule has 0 atom stereocenters. The van der Waals surface area contributed by atoms with Gasteiger partial charge in [0.2, 0.25) is 0 Å². The molecule has 1 aliphatic carbocycles. The fourth-order valence-electron chi connectivity index (χ4n) is 1.80. The van der Waals surface area contributed by atoms with Crippen molar-refractivity contribution in [3.63, 3.8) is 0 Å². The Morgan fingerprint density at radius 1 is 1.50 bits per heavy atom. The average molecular weight is 164 g/mol. The zero-order chi connectivity index (χ0) is 8.55. The summed E-state index contributed by atoms with van der Waals surface area (Å²) in [5, 5.41) is 12.0. The van der Waals surface area contributed by atoms with Gasteiger partial charge in [-0.25, -0.2) is 0 Å². The maximum absolute atomic E-state index is 8.73. The van der Waals surface area contributed by atoms with Crippen LogP contribution < -0.4 is 0 Å². The fraction of sp³-hybridized carbons (Fsp3) is 0.444. The zero-order valence-electron chi connectivity index (χ0n) is 7.12. The third-order valence-electron chi connectivity index (χ3n) is 2.46. The van der Waals surface area contributed by atoms with Crippen molar-refractivity contribution in [1.29, 1.82) is 0 Å². The van der Waals surface area contributed by atoms with Crippen molar-refractivity contribution in [2.75, 3.05) is 0 Å². The number of aryl methyl sites for hydroxylation is 1. The van der Waals surface area contributed by atoms with Gasteiger partial charge < -0.3 is 9.77 Å². The molecule has 64 valence electrons. The topological polar surface area (TPSA) is 37.5 Å². The maximum atomic E-state index is 8.73. The molecule has 0 fully saturated rings. The quantitative estimate of drug-likeness (QED) is 0.458. The van der Waals surface area contributed by atoms with E-state index in [-0.39, 0.29) is 0 Å². The highest BCUT2D eigenvalue weighted by atomic mass is 16.4. The van der Waals surface area contributed by atoms with Crippen LogP contribution in [0.1, 0.15) is 24.1 Å². The Bertz CT molecular complexity index is 325. The number of aromatic nitrogens is 1. The molecule has 0 amide bonds. The summed E-state index contributed by atoms with van der Waals surface area (Å²) in [6.07, 6.45) is 5.09. The second-order valence-electron chi connectivity index (χ2n) is 3.19. The molecule has 0 unspecified atom stereocenters. The highest BCUT2D eigenvalue weighted by molar-refractivity contribution is 6.02. The van der Waals surface area contributed by atoms with Gasteiger partial charge in [0, 0.05) is 24.5 Å². The van der Waals surface area contributed by atoms with Gasteiger partial charge in [-0.15, -0.1) is 0 Å². The van der Waals surface area contributed by atoms with Crippen molar-refractivity contribution < 1.29 is 5.21 Å². The lowest BCUT2D eigenvalue weighted by Crippen LogP contribution is -2.12. The van der Waals surface area contributed by atoms with E-state index in [2.05, 4.69) is 9.72 Å². The van der Waals surface area contributed by atoms with Crippen LogP contribution in [0.4, 0.5) is 0 Å². The van der Waals surface area contributed by atoms with Crippen LogP contribution in [-0.4, -0.2) is 15.5 Å². The first-order valence-electron chi connectivity index (χ1n) is 4.18. The minimum absolute atomic E-state index is 0.830. The van der Waals surface area contributed by atoms with Gasteiger partial charge in [-0.3, -0.25) is 0 Å². The van der Waals surface area contributed by atoms with Gasteiger partial charge >= 0.3 is 0 Å². The molecule has 1 heterocycles. The fourth-order valence-corrected chi connectivity index (χ4v) is 1.80. The first kappa shape index (κ1) is 7.40. The lowest BCUT2D eigenvalue weighted by Gasteiger charge is -2.13. The van der Waals surface area contributed by atoms with E-state index in [4.69, 9.17) is 5.21 Å². The Kier molecular flexibility index (Phi) is 1.64. The molecule has 3 nitrogen and oxygen atoms in total. The number of nitrogens with zero attached hydrogens (tertiary/aromatic N) is 2. The van der Waals surface area contributed by atoms with Gasteiger partial charge in [-0.2, -0.15) is 0 Å². The van der Waals surface area contributed by atoms with Gasteiger partial charge in [0.05, 0.1) is 5.71 Å². The second-order valence-corrected chi connectivity index (χ2v) is 3.19. The summed E-state index contributed by atoms with van der Waals surface area (Å²) in [6.45, 7) is 0. The molecular formula is C9H12N2O. The summed E-state index contributed by atoms with van der Waals surface area (Å²) < 4.78 is 2.10. The molecule has 0 spiro atoms. The summed E-state index contributed by atoms with van der Waals surface area (Å²) in [5.74, 6) is 0. The minimum Gasteiger partial charge on any atom is -0.411 e. The van der Waals surface area contributed by atoms with Gasteiger partial charge in [0.25, 0.3) is 0 Å². The molecule has 0 radical (unpaired) electrons. The summed E-state index contributed by atoms with van der Waals surface area (Å²) in [4.78, 5) is 0. The Labute approximate surface area is 71.3 Å². The third-order valence-corrected chi connectivity index (χ3v) is 2.46. The van der Waals surface area contributed by atoms with Crippen LogP contribution in [-0.2, 0) is 13.5 Å². The van der Waals surface area contributed by atoms with E-state index in [0.717, 1.165) is 30.5 Å². The van der Waals surface area contributed by atoms with E-state index in [1.165, 1.54) is 5.69 Å². The smallest absolute Gasteiger partial charge is 0.0885 e. The molecule has 12 heavy (non-hydrogen) atoms. The van der Waals surface area contributed by atoms with Gasteiger partial charge in [0.1, 0.15) is 0 Å². The number of oxime groups is 1. The van der Waals surface area contributed by atoms with Crippen LogP contribution in [0.3, 0.4) is 0 Å². The van der Waals surface area contributed by atoms with E-state index in [9.17, 15) is 0 Å². The van der Waals surface area contributed by atoms with Crippen molar-refractivity contribution in [3.8, 4) is 0 Å². The molecule has 1 aromatic rings. The number of hydrogen-bond donors (Lipinski definition) is 1. The molecule has 1 N–H and O–H groups in total. The van der Waals surface area contributed by atoms with Crippen molar-refractivity contribution in [3.05, 3.63) is 23.5 Å². The predicted octanol–water partition coefficient (Wildman–Crippen LogP) is 1.54. The van der Waals surface area contributed by atoms with Crippen molar-refractivity contribution >= 4 is 5.71 Å². The first-order valence-corrected chi connectivity index (χ1v) is 4.18.